The molecule has 1 unspecified atom stereocenters. The highest BCUT2D eigenvalue weighted by atomic mass is 19.1. The Bertz CT molecular complexity index is 849. The molecule has 33 heavy (non-hydrogen) atoms. The molecule has 2 aromatic rings. The molecule has 11 heteroatoms. The van der Waals surface area contributed by atoms with Gasteiger partial charge in [0.05, 0.1) is 25.4 Å². The lowest BCUT2D eigenvalue weighted by Crippen LogP contribution is -2.43. The zero-order valence-corrected chi connectivity index (χ0v) is 18.0. The van der Waals surface area contributed by atoms with E-state index in [0.29, 0.717) is 25.1 Å². The average molecular weight is 474 g/mol. The van der Waals surface area contributed by atoms with Crippen LogP contribution in [0.2, 0.25) is 0 Å². The van der Waals surface area contributed by atoms with E-state index < -0.39 is 42.2 Å². The lowest BCUT2D eigenvalue weighted by molar-refractivity contribution is -0.0894. The second-order valence-electron chi connectivity index (χ2n) is 8.29. The Morgan fingerprint density at radius 3 is 2.30 bits per heavy atom. The van der Waals surface area contributed by atoms with Crippen molar-refractivity contribution in [2.75, 3.05) is 26.2 Å². The fourth-order valence-electron chi connectivity index (χ4n) is 3.72. The third-order valence-electron chi connectivity index (χ3n) is 5.48. The number of alkyl halides is 1. The van der Waals surface area contributed by atoms with Crippen molar-refractivity contribution in [1.82, 2.24) is 9.88 Å². The van der Waals surface area contributed by atoms with Gasteiger partial charge in [0, 0.05) is 24.7 Å². The number of hydrogen-bond donors (Lipinski definition) is 4. The number of β-amino-alcohol motifs (C(OH)–C–C–N with tert-alkyl or cyclic N) is 2. The van der Waals surface area contributed by atoms with E-state index in [2.05, 4.69) is 4.98 Å². The van der Waals surface area contributed by atoms with Gasteiger partial charge in [-0.3, -0.25) is 4.90 Å². The first-order chi connectivity index (χ1) is 15.7. The molecule has 4 N–H and O–H groups in total. The van der Waals surface area contributed by atoms with Gasteiger partial charge in [0.1, 0.15) is 42.0 Å². The van der Waals surface area contributed by atoms with Gasteiger partial charge in [-0.2, -0.15) is 0 Å². The molecule has 1 aliphatic rings. The number of hydrogen-bond acceptors (Lipinski definition) is 8. The van der Waals surface area contributed by atoms with Crippen LogP contribution < -0.4 is 0 Å². The van der Waals surface area contributed by atoms with Gasteiger partial charge in [0.25, 0.3) is 0 Å². The van der Waals surface area contributed by atoms with E-state index in [0.717, 1.165) is 18.2 Å². The summed E-state index contributed by atoms with van der Waals surface area (Å²) in [5, 5.41) is 39.1. The Morgan fingerprint density at radius 2 is 1.67 bits per heavy atom. The van der Waals surface area contributed by atoms with Gasteiger partial charge in [0.15, 0.2) is 0 Å². The summed E-state index contributed by atoms with van der Waals surface area (Å²) in [7, 11) is 0. The van der Waals surface area contributed by atoms with Gasteiger partial charge >= 0.3 is 0 Å². The number of aliphatic hydroxyl groups is 4. The molecule has 0 saturated carbocycles. The highest BCUT2D eigenvalue weighted by molar-refractivity contribution is 5.53. The van der Waals surface area contributed by atoms with Crippen LogP contribution in [-0.2, 0) is 11.3 Å². The van der Waals surface area contributed by atoms with Crippen LogP contribution in [-0.4, -0.2) is 87.1 Å². The molecule has 1 saturated heterocycles. The van der Waals surface area contributed by atoms with Crippen LogP contribution in [0, 0.1) is 11.6 Å². The van der Waals surface area contributed by atoms with Crippen molar-refractivity contribution in [2.45, 2.75) is 56.5 Å². The molecule has 5 atom stereocenters. The summed E-state index contributed by atoms with van der Waals surface area (Å²) in [4.78, 5) is 5.82. The molecular formula is C22H29F3N2O6. The molecule has 0 radical (unpaired) electrons. The molecule has 8 nitrogen and oxygen atoms in total. The van der Waals surface area contributed by atoms with E-state index in [1.54, 1.807) is 4.90 Å². The minimum atomic E-state index is -1.41. The zero-order chi connectivity index (χ0) is 24.0. The maximum atomic E-state index is 14.1. The fourth-order valence-corrected chi connectivity index (χ4v) is 3.72. The predicted octanol–water partition coefficient (Wildman–Crippen LogP) is 1.40. The van der Waals surface area contributed by atoms with Crippen LogP contribution in [0.25, 0.3) is 11.5 Å². The SMILES string of the molecule is O[C@H]1[C@H](O)[C@@H](O)CN(CCCCC(F)COCc2coc(-c3cc(F)cc(F)c3)n2)C[C@@H]1O. The summed E-state index contributed by atoms with van der Waals surface area (Å²) < 4.78 is 51.2. The predicted molar refractivity (Wildman–Crippen MR) is 111 cm³/mol. The molecule has 184 valence electrons. The van der Waals surface area contributed by atoms with E-state index in [4.69, 9.17) is 9.15 Å². The summed E-state index contributed by atoms with van der Waals surface area (Å²) in [5.74, 6) is -1.47. The van der Waals surface area contributed by atoms with Crippen LogP contribution in [0.4, 0.5) is 13.2 Å². The quantitative estimate of drug-likeness (QED) is 0.382. The number of ether oxygens (including phenoxy) is 1. The number of rotatable bonds is 10. The second kappa shape index (κ2) is 11.9. The van der Waals surface area contributed by atoms with Gasteiger partial charge in [-0.05, 0) is 37.9 Å². The van der Waals surface area contributed by atoms with Crippen LogP contribution in [0.5, 0.6) is 0 Å². The van der Waals surface area contributed by atoms with Crippen molar-refractivity contribution in [3.8, 4) is 11.5 Å². The fraction of sp³-hybridized carbons (Fsp3) is 0.591. The van der Waals surface area contributed by atoms with E-state index >= 15 is 0 Å². The monoisotopic (exact) mass is 474 g/mol. The number of aromatic nitrogens is 1. The lowest BCUT2D eigenvalue weighted by atomic mass is 10.1. The Kier molecular flexibility index (Phi) is 9.24. The number of unbranched alkanes of at least 4 members (excludes halogenated alkanes) is 1. The Labute approximate surface area is 189 Å². The first-order valence-electron chi connectivity index (χ1n) is 10.8. The van der Waals surface area contributed by atoms with Crippen LogP contribution in [0.15, 0.2) is 28.9 Å². The van der Waals surface area contributed by atoms with Crippen LogP contribution in [0.3, 0.4) is 0 Å². The molecular weight excluding hydrogens is 445 g/mol. The summed E-state index contributed by atoms with van der Waals surface area (Å²) in [5.41, 5.74) is 0.514. The molecule has 2 heterocycles. The van der Waals surface area contributed by atoms with Gasteiger partial charge in [0.2, 0.25) is 5.89 Å². The minimum absolute atomic E-state index is 0.0179. The smallest absolute Gasteiger partial charge is 0.226 e. The lowest BCUT2D eigenvalue weighted by Gasteiger charge is -2.23. The number of benzene rings is 1. The highest BCUT2D eigenvalue weighted by Crippen LogP contribution is 2.21. The third-order valence-corrected chi connectivity index (χ3v) is 5.48. The molecule has 0 aliphatic carbocycles. The number of likely N-dealkylation sites (tertiary alicyclic amines) is 1. The number of nitrogens with zero attached hydrogens (tertiary/aromatic N) is 2. The standard InChI is InChI=1S/C22H29F3N2O6/c23-14(3-1-2-4-27-8-18(28)20(30)21(31)19(29)9-27)10-32-11-17-12-33-22(26-17)13-5-15(24)7-16(25)6-13/h5-7,12,14,18-21,28-31H,1-4,8-11H2/t14?,18-,19-,20+,21+/m0/s1. The molecule has 0 spiro atoms. The van der Waals surface area contributed by atoms with E-state index in [1.165, 1.54) is 6.26 Å². The Balaban J connectivity index is 1.33. The average Bonchev–Trinajstić information content (AvgIpc) is 3.20. The zero-order valence-electron chi connectivity index (χ0n) is 18.0. The number of oxazole rings is 1. The van der Waals surface area contributed by atoms with E-state index in [1.807, 2.05) is 0 Å². The summed E-state index contributed by atoms with van der Waals surface area (Å²) in [6, 6.07) is 2.93. The summed E-state index contributed by atoms with van der Waals surface area (Å²) in [6.07, 6.45) is -3.70. The molecule has 0 bridgehead atoms. The molecule has 1 aromatic carbocycles. The van der Waals surface area contributed by atoms with E-state index in [-0.39, 0.29) is 44.2 Å². The second-order valence-corrected chi connectivity index (χ2v) is 8.29. The minimum Gasteiger partial charge on any atom is -0.444 e. The molecule has 1 aliphatic heterocycles. The number of aliphatic hydroxyl groups excluding tert-OH is 4. The first kappa shape index (κ1) is 25.6. The summed E-state index contributed by atoms with van der Waals surface area (Å²) in [6.45, 7) is 0.522. The topological polar surface area (TPSA) is 119 Å². The maximum absolute atomic E-state index is 14.1. The molecule has 1 fully saturated rings. The molecule has 1 aromatic heterocycles. The van der Waals surface area contributed by atoms with E-state index in [9.17, 15) is 33.6 Å². The largest absolute Gasteiger partial charge is 0.444 e. The third kappa shape index (κ3) is 7.49. The van der Waals surface area contributed by atoms with Crippen molar-refractivity contribution < 1.29 is 42.8 Å². The van der Waals surface area contributed by atoms with Crippen molar-refractivity contribution in [1.29, 1.82) is 0 Å². The Morgan fingerprint density at radius 1 is 1.03 bits per heavy atom. The normalized spacial score (nSPS) is 25.2. The highest BCUT2D eigenvalue weighted by Gasteiger charge is 2.35. The Hall–Kier alpha value is -2.02. The van der Waals surface area contributed by atoms with Crippen LogP contribution in [0.1, 0.15) is 25.0 Å². The number of halogens is 3. The van der Waals surface area contributed by atoms with Crippen molar-refractivity contribution in [3.63, 3.8) is 0 Å². The maximum Gasteiger partial charge on any atom is 0.226 e. The van der Waals surface area contributed by atoms with Crippen molar-refractivity contribution in [3.05, 3.63) is 41.8 Å². The summed E-state index contributed by atoms with van der Waals surface area (Å²) >= 11 is 0. The van der Waals surface area contributed by atoms with Gasteiger partial charge in [-0.1, -0.05) is 0 Å². The van der Waals surface area contributed by atoms with Gasteiger partial charge in [-0.15, -0.1) is 0 Å². The molecule has 3 rings (SSSR count). The van der Waals surface area contributed by atoms with Gasteiger partial charge in [-0.25, -0.2) is 18.2 Å². The van der Waals surface area contributed by atoms with Crippen molar-refractivity contribution in [2.24, 2.45) is 0 Å². The first-order valence-corrected chi connectivity index (χ1v) is 10.8. The molecule has 0 amide bonds. The van der Waals surface area contributed by atoms with Crippen LogP contribution >= 0.6 is 0 Å². The van der Waals surface area contributed by atoms with Gasteiger partial charge < -0.3 is 29.6 Å². The van der Waals surface area contributed by atoms with Crippen molar-refractivity contribution >= 4 is 0 Å².